The van der Waals surface area contributed by atoms with Gasteiger partial charge in [-0.1, -0.05) is 11.6 Å². The number of halogens is 5. The number of nitrogens with zero attached hydrogens (tertiary/aromatic N) is 3. The van der Waals surface area contributed by atoms with E-state index in [9.17, 15) is 22.7 Å². The predicted molar refractivity (Wildman–Crippen MR) is 49.0 cm³/mol. The van der Waals surface area contributed by atoms with E-state index in [2.05, 4.69) is 15.0 Å². The summed E-state index contributed by atoms with van der Waals surface area (Å²) in [5.74, 6) is -3.90. The Balaban J connectivity index is 2.84. The van der Waals surface area contributed by atoms with Crippen molar-refractivity contribution in [3.63, 3.8) is 0 Å². The third-order valence-electron chi connectivity index (χ3n) is 1.88. The zero-order valence-electron chi connectivity index (χ0n) is 7.76. The number of rotatable bonds is 0. The molecule has 0 amide bonds. The molecule has 2 rings (SSSR count). The van der Waals surface area contributed by atoms with Crippen LogP contribution in [0.5, 0.6) is 5.88 Å². The van der Waals surface area contributed by atoms with Crippen LogP contribution >= 0.6 is 11.6 Å². The van der Waals surface area contributed by atoms with Crippen molar-refractivity contribution in [1.82, 2.24) is 15.0 Å². The zero-order valence-corrected chi connectivity index (χ0v) is 8.51. The molecule has 0 aromatic carbocycles. The molecule has 90 valence electrons. The van der Waals surface area contributed by atoms with Gasteiger partial charge in [0.2, 0.25) is 11.7 Å². The molecule has 2 aromatic heterocycles. The SMILES string of the molecule is Oc1nc(C(F)(F)F)nc2c(F)c(Cl)ncc12. The minimum Gasteiger partial charge on any atom is -0.493 e. The summed E-state index contributed by atoms with van der Waals surface area (Å²) in [7, 11) is 0. The maximum Gasteiger partial charge on any atom is 0.451 e. The number of aromatic hydroxyl groups is 1. The third kappa shape index (κ3) is 1.95. The number of aromatic nitrogens is 3. The quantitative estimate of drug-likeness (QED) is 0.589. The Kier molecular flexibility index (Phi) is 2.53. The Morgan fingerprint density at radius 3 is 2.47 bits per heavy atom. The first kappa shape index (κ1) is 11.8. The molecule has 1 N–H and O–H groups in total. The van der Waals surface area contributed by atoms with Crippen LogP contribution in [-0.2, 0) is 6.18 Å². The highest BCUT2D eigenvalue weighted by Crippen LogP contribution is 2.32. The predicted octanol–water partition coefficient (Wildman–Crippen LogP) is 2.54. The van der Waals surface area contributed by atoms with Crippen LogP contribution in [-0.4, -0.2) is 20.1 Å². The molecule has 0 aliphatic rings. The van der Waals surface area contributed by atoms with E-state index in [1.165, 1.54) is 0 Å². The summed E-state index contributed by atoms with van der Waals surface area (Å²) in [5.41, 5.74) is -0.732. The highest BCUT2D eigenvalue weighted by Gasteiger charge is 2.36. The van der Waals surface area contributed by atoms with E-state index in [1.807, 2.05) is 0 Å². The summed E-state index contributed by atoms with van der Waals surface area (Å²) >= 11 is 5.30. The Morgan fingerprint density at radius 1 is 1.24 bits per heavy atom. The van der Waals surface area contributed by atoms with Gasteiger partial charge in [-0.15, -0.1) is 0 Å². The first-order valence-corrected chi connectivity index (χ1v) is 4.46. The summed E-state index contributed by atoms with van der Waals surface area (Å²) in [6.45, 7) is 0. The van der Waals surface area contributed by atoms with E-state index in [0.717, 1.165) is 6.20 Å². The molecule has 4 nitrogen and oxygen atoms in total. The molecule has 0 fully saturated rings. The molecule has 17 heavy (non-hydrogen) atoms. The molecule has 0 saturated carbocycles. The van der Waals surface area contributed by atoms with Crippen LogP contribution in [0, 0.1) is 5.82 Å². The Morgan fingerprint density at radius 2 is 1.88 bits per heavy atom. The second kappa shape index (κ2) is 3.66. The second-order valence-corrected chi connectivity index (χ2v) is 3.35. The van der Waals surface area contributed by atoms with E-state index in [4.69, 9.17) is 11.6 Å². The normalized spacial score (nSPS) is 12.1. The lowest BCUT2D eigenvalue weighted by Crippen LogP contribution is -2.11. The molecule has 2 aromatic rings. The average molecular weight is 268 g/mol. The number of fused-ring (bicyclic) bond motifs is 1. The fourth-order valence-corrected chi connectivity index (χ4v) is 1.28. The largest absolute Gasteiger partial charge is 0.493 e. The minimum absolute atomic E-state index is 0.347. The number of pyridine rings is 1. The van der Waals surface area contributed by atoms with Gasteiger partial charge in [-0.05, 0) is 0 Å². The molecule has 0 aliphatic heterocycles. The highest BCUT2D eigenvalue weighted by molar-refractivity contribution is 6.30. The molecule has 0 saturated heterocycles. The molecule has 2 heterocycles. The van der Waals surface area contributed by atoms with Crippen molar-refractivity contribution >= 4 is 22.5 Å². The van der Waals surface area contributed by atoms with Gasteiger partial charge in [0.05, 0.1) is 5.39 Å². The average Bonchev–Trinajstić information content (AvgIpc) is 2.22. The topological polar surface area (TPSA) is 58.9 Å². The van der Waals surface area contributed by atoms with Gasteiger partial charge in [-0.25, -0.2) is 14.4 Å². The van der Waals surface area contributed by atoms with Gasteiger partial charge in [0.25, 0.3) is 0 Å². The minimum atomic E-state index is -4.89. The summed E-state index contributed by atoms with van der Waals surface area (Å²) in [6.07, 6.45) is -4.01. The van der Waals surface area contributed by atoms with Crippen molar-refractivity contribution in [2.75, 3.05) is 0 Å². The standard InChI is InChI=1S/C8H2ClF4N3O/c9-5-3(10)4-2(1-14-5)6(17)16-7(15-4)8(11,12)13/h1H,(H,15,16,17). The Hall–Kier alpha value is -1.70. The molecule has 0 bridgehead atoms. The molecular formula is C8H2ClF4N3O. The van der Waals surface area contributed by atoms with Gasteiger partial charge < -0.3 is 5.11 Å². The van der Waals surface area contributed by atoms with Crippen LogP contribution < -0.4 is 0 Å². The summed E-state index contributed by atoms with van der Waals surface area (Å²) in [6, 6.07) is 0. The monoisotopic (exact) mass is 267 g/mol. The molecule has 0 atom stereocenters. The first-order valence-electron chi connectivity index (χ1n) is 4.08. The lowest BCUT2D eigenvalue weighted by Gasteiger charge is -2.07. The van der Waals surface area contributed by atoms with Crippen LogP contribution in [0.15, 0.2) is 6.20 Å². The third-order valence-corrected chi connectivity index (χ3v) is 2.14. The first-order chi connectivity index (χ1) is 7.80. The molecule has 9 heteroatoms. The van der Waals surface area contributed by atoms with Crippen molar-refractivity contribution in [2.24, 2.45) is 0 Å². The summed E-state index contributed by atoms with van der Waals surface area (Å²) < 4.78 is 50.3. The van der Waals surface area contributed by atoms with Crippen LogP contribution in [0.4, 0.5) is 17.6 Å². The number of alkyl halides is 3. The summed E-state index contributed by atoms with van der Waals surface area (Å²) in [5, 5.41) is 8.25. The van der Waals surface area contributed by atoms with Gasteiger partial charge in [0.1, 0.15) is 5.52 Å². The van der Waals surface area contributed by atoms with Gasteiger partial charge in [0.15, 0.2) is 11.0 Å². The van der Waals surface area contributed by atoms with Crippen molar-refractivity contribution in [2.45, 2.75) is 6.18 Å². The highest BCUT2D eigenvalue weighted by atomic mass is 35.5. The maximum absolute atomic E-state index is 13.4. The van der Waals surface area contributed by atoms with Crippen molar-refractivity contribution in [3.05, 3.63) is 23.0 Å². The number of hydrogen-bond acceptors (Lipinski definition) is 4. The van der Waals surface area contributed by atoms with Crippen LogP contribution in [0.2, 0.25) is 5.15 Å². The molecule has 0 spiro atoms. The van der Waals surface area contributed by atoms with Crippen molar-refractivity contribution < 1.29 is 22.7 Å². The Bertz CT molecular complexity index is 601. The molecule has 0 radical (unpaired) electrons. The lowest BCUT2D eigenvalue weighted by molar-refractivity contribution is -0.145. The van der Waals surface area contributed by atoms with E-state index >= 15 is 0 Å². The van der Waals surface area contributed by atoms with Crippen molar-refractivity contribution in [3.8, 4) is 5.88 Å². The van der Waals surface area contributed by atoms with Gasteiger partial charge >= 0.3 is 6.18 Å². The van der Waals surface area contributed by atoms with Gasteiger partial charge in [-0.2, -0.15) is 18.2 Å². The second-order valence-electron chi connectivity index (χ2n) is 2.99. The van der Waals surface area contributed by atoms with Crippen molar-refractivity contribution in [1.29, 1.82) is 0 Å². The lowest BCUT2D eigenvalue weighted by atomic mass is 10.3. The smallest absolute Gasteiger partial charge is 0.451 e. The van der Waals surface area contributed by atoms with Crippen LogP contribution in [0.25, 0.3) is 10.9 Å². The van der Waals surface area contributed by atoms with Gasteiger partial charge in [0, 0.05) is 6.20 Å². The van der Waals surface area contributed by atoms with E-state index < -0.39 is 34.4 Å². The summed E-state index contributed by atoms with van der Waals surface area (Å²) in [4.78, 5) is 9.11. The molecule has 0 aliphatic carbocycles. The molecular weight excluding hydrogens is 266 g/mol. The fraction of sp³-hybridized carbons (Fsp3) is 0.125. The van der Waals surface area contributed by atoms with Crippen LogP contribution in [0.1, 0.15) is 5.82 Å². The fourth-order valence-electron chi connectivity index (χ4n) is 1.15. The van der Waals surface area contributed by atoms with Crippen LogP contribution in [0.3, 0.4) is 0 Å². The van der Waals surface area contributed by atoms with E-state index in [1.54, 1.807) is 0 Å². The number of hydrogen-bond donors (Lipinski definition) is 1. The maximum atomic E-state index is 13.4. The van der Waals surface area contributed by atoms with Gasteiger partial charge in [-0.3, -0.25) is 0 Å². The van der Waals surface area contributed by atoms with E-state index in [-0.39, 0.29) is 5.39 Å². The zero-order chi connectivity index (χ0) is 12.8. The Labute approximate surface area is 95.9 Å². The van der Waals surface area contributed by atoms with E-state index in [0.29, 0.717) is 0 Å². The molecule has 0 unspecified atom stereocenters.